The number of nitrogens with one attached hydrogen (secondary N) is 2. The highest BCUT2D eigenvalue weighted by molar-refractivity contribution is 7.21. The molecular formula is C24H31N5OS. The van der Waals surface area contributed by atoms with Crippen LogP contribution in [0.3, 0.4) is 0 Å². The zero-order valence-corrected chi connectivity index (χ0v) is 19.1. The van der Waals surface area contributed by atoms with Crippen molar-refractivity contribution in [1.29, 1.82) is 0 Å². The van der Waals surface area contributed by atoms with Crippen molar-refractivity contribution in [1.82, 2.24) is 20.5 Å². The number of pyridine rings is 1. The molecule has 5 rings (SSSR count). The van der Waals surface area contributed by atoms with E-state index < -0.39 is 0 Å². The highest BCUT2D eigenvalue weighted by Crippen LogP contribution is 2.47. The van der Waals surface area contributed by atoms with Crippen LogP contribution < -0.4 is 16.4 Å². The van der Waals surface area contributed by atoms with E-state index in [0.717, 1.165) is 61.4 Å². The summed E-state index contributed by atoms with van der Waals surface area (Å²) in [6.07, 6.45) is 10.2. The third-order valence-electron chi connectivity index (χ3n) is 7.21. The van der Waals surface area contributed by atoms with E-state index in [4.69, 9.17) is 5.73 Å². The van der Waals surface area contributed by atoms with Crippen LogP contribution in [0.5, 0.6) is 0 Å². The molecule has 0 radical (unpaired) electrons. The fourth-order valence-corrected chi connectivity index (χ4v) is 6.02. The maximum Gasteiger partial charge on any atom is 0.263 e. The number of rotatable bonds is 4. The molecule has 1 aliphatic heterocycles. The number of aromatic nitrogens is 1. The first kappa shape index (κ1) is 20.5. The quantitative estimate of drug-likeness (QED) is 0.682. The van der Waals surface area contributed by atoms with Gasteiger partial charge in [-0.25, -0.2) is 4.98 Å². The molecule has 1 amide bonds. The molecule has 2 aromatic rings. The summed E-state index contributed by atoms with van der Waals surface area (Å²) >= 11 is 1.39. The molecule has 3 aliphatic rings. The summed E-state index contributed by atoms with van der Waals surface area (Å²) in [5.41, 5.74) is 9.28. The van der Waals surface area contributed by atoms with Gasteiger partial charge in [0, 0.05) is 49.0 Å². The average Bonchev–Trinajstić information content (AvgIpc) is 3.07. The lowest BCUT2D eigenvalue weighted by atomic mass is 9.61. The Hall–Kier alpha value is -2.38. The van der Waals surface area contributed by atoms with Crippen LogP contribution in [0.4, 0.5) is 5.69 Å². The van der Waals surface area contributed by atoms with E-state index in [2.05, 4.69) is 45.7 Å². The summed E-state index contributed by atoms with van der Waals surface area (Å²) in [7, 11) is 0. The largest absolute Gasteiger partial charge is 0.397 e. The third-order valence-corrected chi connectivity index (χ3v) is 8.33. The molecule has 2 aliphatic carbocycles. The monoisotopic (exact) mass is 437 g/mol. The zero-order valence-electron chi connectivity index (χ0n) is 18.3. The van der Waals surface area contributed by atoms with Crippen molar-refractivity contribution < 1.29 is 4.79 Å². The van der Waals surface area contributed by atoms with Gasteiger partial charge in [-0.3, -0.25) is 4.79 Å². The lowest BCUT2D eigenvalue weighted by Crippen LogP contribution is -2.49. The van der Waals surface area contributed by atoms with Gasteiger partial charge in [-0.2, -0.15) is 0 Å². The number of fused-ring (bicyclic) bond motifs is 1. The number of piperazine rings is 1. The normalized spacial score (nSPS) is 28.3. The number of nitrogen functional groups attached to an aromatic ring is 1. The minimum absolute atomic E-state index is 0.0631. The molecule has 1 saturated heterocycles. The van der Waals surface area contributed by atoms with Gasteiger partial charge < -0.3 is 21.3 Å². The number of carbonyl (C=O) groups excluding carboxylic acids is 1. The van der Waals surface area contributed by atoms with Crippen LogP contribution in [0, 0.1) is 18.3 Å². The van der Waals surface area contributed by atoms with Crippen LogP contribution in [0.2, 0.25) is 0 Å². The number of carbonyl (C=O) groups is 1. The van der Waals surface area contributed by atoms with Gasteiger partial charge in [-0.15, -0.1) is 11.3 Å². The lowest BCUT2D eigenvalue weighted by Gasteiger charge is -2.47. The second kappa shape index (κ2) is 7.95. The average molecular weight is 438 g/mol. The summed E-state index contributed by atoms with van der Waals surface area (Å²) in [4.78, 5) is 21.3. The molecule has 164 valence electrons. The van der Waals surface area contributed by atoms with Crippen molar-refractivity contribution in [3.05, 3.63) is 46.6 Å². The number of allylic oxidation sites excluding steroid dienone is 3. The van der Waals surface area contributed by atoms with Gasteiger partial charge in [0.15, 0.2) is 0 Å². The Balaban J connectivity index is 1.18. The van der Waals surface area contributed by atoms with Crippen LogP contribution in [-0.4, -0.2) is 48.0 Å². The number of amides is 1. The number of hydrogen-bond donors (Lipinski definition) is 3. The first-order valence-corrected chi connectivity index (χ1v) is 12.1. The molecule has 1 unspecified atom stereocenters. The molecule has 31 heavy (non-hydrogen) atoms. The molecule has 0 spiro atoms. The van der Waals surface area contributed by atoms with Crippen LogP contribution in [0.25, 0.3) is 10.2 Å². The molecule has 0 aromatic carbocycles. The van der Waals surface area contributed by atoms with Gasteiger partial charge in [0.1, 0.15) is 9.71 Å². The molecular weight excluding hydrogens is 406 g/mol. The van der Waals surface area contributed by atoms with Crippen molar-refractivity contribution >= 4 is 33.1 Å². The van der Waals surface area contributed by atoms with Crippen LogP contribution in [0.1, 0.15) is 41.6 Å². The van der Waals surface area contributed by atoms with Crippen LogP contribution in [-0.2, 0) is 0 Å². The maximum atomic E-state index is 12.9. The van der Waals surface area contributed by atoms with Gasteiger partial charge in [0.2, 0.25) is 0 Å². The fourth-order valence-electron chi connectivity index (χ4n) is 4.98. The Morgan fingerprint density at radius 1 is 1.32 bits per heavy atom. The standard InChI is InChI=1S/C24H31N5OS/c1-15-3-4-19-20(25)21(31-23(19)27-15)22(30)28-17-13-16(14-17)24(2)7-5-18(6-8-24)29-11-9-26-10-12-29/h3-7,16-17,26H,8-14,25H2,1-2H3,(H,28,30)/t16-,17+,24?. The summed E-state index contributed by atoms with van der Waals surface area (Å²) in [5, 5.41) is 7.49. The highest BCUT2D eigenvalue weighted by atomic mass is 32.1. The van der Waals surface area contributed by atoms with Crippen molar-refractivity contribution in [3.8, 4) is 0 Å². The topological polar surface area (TPSA) is 83.3 Å². The first-order chi connectivity index (χ1) is 14.9. The number of aryl methyl sites for hydroxylation is 1. The second-order valence-electron chi connectivity index (χ2n) is 9.40. The molecule has 7 heteroatoms. The number of hydrogen-bond acceptors (Lipinski definition) is 6. The first-order valence-electron chi connectivity index (χ1n) is 11.2. The van der Waals surface area contributed by atoms with Gasteiger partial charge in [-0.05, 0) is 55.7 Å². The van der Waals surface area contributed by atoms with Crippen LogP contribution >= 0.6 is 11.3 Å². The minimum Gasteiger partial charge on any atom is -0.397 e. The molecule has 1 saturated carbocycles. The van der Waals surface area contributed by atoms with E-state index in [-0.39, 0.29) is 17.4 Å². The van der Waals surface area contributed by atoms with Crippen LogP contribution in [0.15, 0.2) is 36.1 Å². The number of thiophene rings is 1. The predicted molar refractivity (Wildman–Crippen MR) is 127 cm³/mol. The van der Waals surface area contributed by atoms with E-state index in [1.165, 1.54) is 17.0 Å². The van der Waals surface area contributed by atoms with Gasteiger partial charge in [-0.1, -0.05) is 19.1 Å². The summed E-state index contributed by atoms with van der Waals surface area (Å²) < 4.78 is 0. The molecule has 2 aromatic heterocycles. The Morgan fingerprint density at radius 3 is 2.81 bits per heavy atom. The molecule has 3 heterocycles. The maximum absolute atomic E-state index is 12.9. The number of nitrogens with zero attached hydrogens (tertiary/aromatic N) is 2. The highest BCUT2D eigenvalue weighted by Gasteiger charge is 2.42. The predicted octanol–water partition coefficient (Wildman–Crippen LogP) is 3.45. The van der Waals surface area contributed by atoms with Gasteiger partial charge in [0.05, 0.1) is 5.69 Å². The molecule has 1 atom stereocenters. The summed E-state index contributed by atoms with van der Waals surface area (Å²) in [5.74, 6) is 0.533. The van der Waals surface area contributed by atoms with Crippen molar-refractivity contribution in [2.45, 2.75) is 39.2 Å². The van der Waals surface area contributed by atoms with Crippen molar-refractivity contribution in [3.63, 3.8) is 0 Å². The second-order valence-corrected chi connectivity index (χ2v) is 10.4. The molecule has 4 N–H and O–H groups in total. The third kappa shape index (κ3) is 3.85. The number of nitrogens with two attached hydrogens (primary N) is 1. The molecule has 2 fully saturated rings. The summed E-state index contributed by atoms with van der Waals surface area (Å²) in [6.45, 7) is 8.60. The Kier molecular flexibility index (Phi) is 5.26. The zero-order chi connectivity index (χ0) is 21.6. The molecule has 6 nitrogen and oxygen atoms in total. The fraction of sp³-hybridized carbons (Fsp3) is 0.500. The Morgan fingerprint density at radius 2 is 2.10 bits per heavy atom. The van der Waals surface area contributed by atoms with E-state index in [0.29, 0.717) is 16.5 Å². The van der Waals surface area contributed by atoms with Crippen molar-refractivity contribution in [2.24, 2.45) is 11.3 Å². The van der Waals surface area contributed by atoms with E-state index >= 15 is 0 Å². The summed E-state index contributed by atoms with van der Waals surface area (Å²) in [6, 6.07) is 4.11. The van der Waals surface area contributed by atoms with E-state index in [1.807, 2.05) is 19.1 Å². The lowest BCUT2D eigenvalue weighted by molar-refractivity contribution is 0.0775. The van der Waals surface area contributed by atoms with Gasteiger partial charge >= 0.3 is 0 Å². The Labute approximate surface area is 187 Å². The minimum atomic E-state index is -0.0631. The van der Waals surface area contributed by atoms with Gasteiger partial charge in [0.25, 0.3) is 5.91 Å². The van der Waals surface area contributed by atoms with E-state index in [1.54, 1.807) is 0 Å². The van der Waals surface area contributed by atoms with E-state index in [9.17, 15) is 4.79 Å². The smallest absolute Gasteiger partial charge is 0.263 e. The molecule has 0 bridgehead atoms. The SMILES string of the molecule is Cc1ccc2c(N)c(C(=O)N[C@H]3C[C@@H](C4(C)C=CC(N5CCNCC5)=CC4)C3)sc2n1. The van der Waals surface area contributed by atoms with Crippen molar-refractivity contribution in [2.75, 3.05) is 31.9 Å². The number of anilines is 1. The Bertz CT molecular complexity index is 1060.